The molecule has 0 aliphatic heterocycles. The Bertz CT molecular complexity index is 370. The molecule has 3 nitrogen and oxygen atoms in total. The molecule has 71 valence electrons. The van der Waals surface area contributed by atoms with Crippen LogP contribution in [0.1, 0.15) is 5.56 Å². The van der Waals surface area contributed by atoms with Crippen molar-refractivity contribution < 1.29 is 17.0 Å². The zero-order chi connectivity index (χ0) is 9.84. The van der Waals surface area contributed by atoms with E-state index in [1.807, 2.05) is 0 Å². The Morgan fingerprint density at radius 1 is 1.46 bits per heavy atom. The third-order valence-electron chi connectivity index (χ3n) is 1.23. The smallest absolute Gasteiger partial charge is 0.257 e. The maximum absolute atomic E-state index is 12.5. The second-order valence-corrected chi connectivity index (χ2v) is 3.18. The molecule has 0 amide bonds. The molecule has 0 unspecified atom stereocenters. The lowest BCUT2D eigenvalue weighted by Gasteiger charge is -1.99. The Labute approximate surface area is 81.2 Å². The van der Waals surface area contributed by atoms with Crippen molar-refractivity contribution in [3.8, 4) is 0 Å². The van der Waals surface area contributed by atoms with Crippen molar-refractivity contribution in [3.05, 3.63) is 41.2 Å². The molecular weight excluding hydrogens is 219 g/mol. The summed E-state index contributed by atoms with van der Waals surface area (Å²) in [6.45, 7) is 0.938. The van der Waals surface area contributed by atoms with E-state index < -0.39 is 16.8 Å². The molecular formula is C7H5ClFO3S. The fraction of sp³-hybridized carbons (Fsp3) is 0. The molecule has 0 aliphatic rings. The monoisotopic (exact) mass is 223 g/mol. The number of rotatable bonds is 3. The van der Waals surface area contributed by atoms with Gasteiger partial charge in [-0.05, 0) is 12.1 Å². The highest BCUT2D eigenvalue weighted by Gasteiger charge is 2.02. The van der Waals surface area contributed by atoms with Crippen LogP contribution in [0.4, 0.5) is 4.39 Å². The van der Waals surface area contributed by atoms with E-state index in [9.17, 15) is 12.8 Å². The van der Waals surface area contributed by atoms with Crippen LogP contribution in [0.15, 0.2) is 18.2 Å². The maximum atomic E-state index is 12.5. The van der Waals surface area contributed by atoms with Gasteiger partial charge in [0.1, 0.15) is 12.4 Å². The summed E-state index contributed by atoms with van der Waals surface area (Å²) in [4.78, 5) is 0. The first-order valence-electron chi connectivity index (χ1n) is 3.19. The first-order chi connectivity index (χ1) is 6.09. The first-order valence-corrected chi connectivity index (χ1v) is 4.66. The van der Waals surface area contributed by atoms with E-state index in [1.54, 1.807) is 0 Å². The first kappa shape index (κ1) is 10.4. The summed E-state index contributed by atoms with van der Waals surface area (Å²) in [7, 11) is -2.95. The third-order valence-corrected chi connectivity index (χ3v) is 1.83. The predicted molar refractivity (Wildman–Crippen MR) is 46.2 cm³/mol. The normalized spacial score (nSPS) is 10.7. The van der Waals surface area contributed by atoms with Gasteiger partial charge in [-0.15, -0.1) is 0 Å². The van der Waals surface area contributed by atoms with Crippen molar-refractivity contribution in [2.45, 2.75) is 0 Å². The quantitative estimate of drug-likeness (QED) is 0.791. The molecule has 1 aromatic carbocycles. The maximum Gasteiger partial charge on any atom is 0.257 e. The molecule has 13 heavy (non-hydrogen) atoms. The summed E-state index contributed by atoms with van der Waals surface area (Å²) >= 11 is 5.56. The van der Waals surface area contributed by atoms with Gasteiger partial charge in [0, 0.05) is 10.6 Å². The van der Waals surface area contributed by atoms with E-state index in [0.29, 0.717) is 5.56 Å². The van der Waals surface area contributed by atoms with Crippen LogP contribution >= 0.6 is 11.6 Å². The summed E-state index contributed by atoms with van der Waals surface area (Å²) in [5.74, 6) is -0.492. The minimum atomic E-state index is -2.95. The van der Waals surface area contributed by atoms with Gasteiger partial charge in [0.25, 0.3) is 11.0 Å². The molecule has 0 atom stereocenters. The number of benzene rings is 1. The fourth-order valence-corrected chi connectivity index (χ4v) is 1.11. The largest absolute Gasteiger partial charge is 0.261 e. The van der Waals surface area contributed by atoms with Crippen LogP contribution in [-0.2, 0) is 15.2 Å². The van der Waals surface area contributed by atoms with Crippen LogP contribution in [0.5, 0.6) is 0 Å². The standard InChI is InChI=1S/C7H5ClFO3S/c8-7-3-6(9)2-1-5(7)4-12-13(10)11/h1-4,13H. The van der Waals surface area contributed by atoms with Gasteiger partial charge >= 0.3 is 0 Å². The van der Waals surface area contributed by atoms with Crippen LogP contribution in [0.3, 0.4) is 0 Å². The minimum Gasteiger partial charge on any atom is -0.261 e. The molecule has 0 heterocycles. The van der Waals surface area contributed by atoms with E-state index in [-0.39, 0.29) is 5.02 Å². The van der Waals surface area contributed by atoms with Crippen LogP contribution in [0.2, 0.25) is 5.02 Å². The molecule has 0 spiro atoms. The second kappa shape index (κ2) is 4.55. The molecule has 6 heteroatoms. The molecule has 0 bridgehead atoms. The molecule has 0 saturated carbocycles. The summed E-state index contributed by atoms with van der Waals surface area (Å²) in [6, 6.07) is 3.53. The average molecular weight is 224 g/mol. The van der Waals surface area contributed by atoms with Crippen LogP contribution < -0.4 is 0 Å². The molecule has 1 aromatic rings. The van der Waals surface area contributed by atoms with E-state index in [0.717, 1.165) is 18.7 Å². The molecule has 0 N–H and O–H groups in total. The van der Waals surface area contributed by atoms with Crippen molar-refractivity contribution in [3.63, 3.8) is 0 Å². The Balaban J connectivity index is 2.77. The van der Waals surface area contributed by atoms with Crippen molar-refractivity contribution >= 4 is 22.6 Å². The van der Waals surface area contributed by atoms with Gasteiger partial charge in [0.15, 0.2) is 0 Å². The predicted octanol–water partition coefficient (Wildman–Crippen LogP) is 1.53. The molecule has 0 aromatic heterocycles. The molecule has 0 aliphatic carbocycles. The van der Waals surface area contributed by atoms with Crippen LogP contribution in [0, 0.1) is 12.4 Å². The third kappa shape index (κ3) is 3.30. The summed E-state index contributed by atoms with van der Waals surface area (Å²) in [6.07, 6.45) is 0. The lowest BCUT2D eigenvalue weighted by atomic mass is 10.2. The summed E-state index contributed by atoms with van der Waals surface area (Å²) < 4.78 is 36.7. The lowest BCUT2D eigenvalue weighted by molar-refractivity contribution is 0.429. The lowest BCUT2D eigenvalue weighted by Crippen LogP contribution is -1.89. The van der Waals surface area contributed by atoms with Gasteiger partial charge in [-0.2, -0.15) is 0 Å². The number of halogens is 2. The zero-order valence-corrected chi connectivity index (χ0v) is 7.89. The van der Waals surface area contributed by atoms with E-state index in [2.05, 4.69) is 4.18 Å². The Morgan fingerprint density at radius 3 is 2.69 bits per heavy atom. The minimum absolute atomic E-state index is 0.0943. The van der Waals surface area contributed by atoms with Crippen molar-refractivity contribution in [1.29, 1.82) is 0 Å². The summed E-state index contributed by atoms with van der Waals surface area (Å²) in [5.41, 5.74) is 0.308. The fourth-order valence-electron chi connectivity index (χ4n) is 0.697. The van der Waals surface area contributed by atoms with Gasteiger partial charge in [0.2, 0.25) is 0 Å². The van der Waals surface area contributed by atoms with Crippen molar-refractivity contribution in [2.24, 2.45) is 0 Å². The number of hydrogen-bond acceptors (Lipinski definition) is 3. The number of hydrogen-bond donors (Lipinski definition) is 1. The van der Waals surface area contributed by atoms with Gasteiger partial charge < -0.3 is 0 Å². The molecule has 1 radical (unpaired) electrons. The topological polar surface area (TPSA) is 43.4 Å². The highest BCUT2D eigenvalue weighted by Crippen LogP contribution is 2.18. The van der Waals surface area contributed by atoms with Gasteiger partial charge in [-0.1, -0.05) is 17.7 Å². The van der Waals surface area contributed by atoms with Crippen molar-refractivity contribution in [1.82, 2.24) is 0 Å². The van der Waals surface area contributed by atoms with E-state index >= 15 is 0 Å². The van der Waals surface area contributed by atoms with Crippen LogP contribution in [-0.4, -0.2) is 8.42 Å². The SMILES string of the molecule is O=[SH](=O)O[CH]c1ccc(F)cc1Cl. The molecule has 0 saturated heterocycles. The second-order valence-electron chi connectivity index (χ2n) is 2.11. The Kier molecular flexibility index (Phi) is 3.65. The zero-order valence-electron chi connectivity index (χ0n) is 6.24. The van der Waals surface area contributed by atoms with Gasteiger partial charge in [-0.25, -0.2) is 12.8 Å². The van der Waals surface area contributed by atoms with Crippen molar-refractivity contribution in [2.75, 3.05) is 0 Å². The van der Waals surface area contributed by atoms with Gasteiger partial charge in [0.05, 0.1) is 0 Å². The van der Waals surface area contributed by atoms with E-state index in [4.69, 9.17) is 11.6 Å². The highest BCUT2D eigenvalue weighted by atomic mass is 35.5. The van der Waals surface area contributed by atoms with E-state index in [1.165, 1.54) is 6.07 Å². The Hall–Kier alpha value is -0.650. The van der Waals surface area contributed by atoms with Gasteiger partial charge in [-0.3, -0.25) is 4.18 Å². The number of thiol groups is 1. The Morgan fingerprint density at radius 2 is 2.15 bits per heavy atom. The van der Waals surface area contributed by atoms with Crippen LogP contribution in [0.25, 0.3) is 0 Å². The molecule has 0 fully saturated rings. The average Bonchev–Trinajstić information content (AvgIpc) is 2.02. The molecule has 1 rings (SSSR count). The summed E-state index contributed by atoms with van der Waals surface area (Å²) in [5, 5.41) is 0.0943. The highest BCUT2D eigenvalue weighted by molar-refractivity contribution is 7.67.